The van der Waals surface area contributed by atoms with Gasteiger partial charge in [0, 0.05) is 24.3 Å². The number of ether oxygens (including phenoxy) is 1. The molecule has 0 saturated heterocycles. The summed E-state index contributed by atoms with van der Waals surface area (Å²) < 4.78 is 7.96. The van der Waals surface area contributed by atoms with Crippen LogP contribution in [0.5, 0.6) is 0 Å². The topological polar surface area (TPSA) is 71.4 Å². The van der Waals surface area contributed by atoms with Crippen LogP contribution in [0.4, 0.5) is 0 Å². The van der Waals surface area contributed by atoms with Crippen LogP contribution in [0.3, 0.4) is 0 Å². The number of rotatable bonds is 6. The highest BCUT2D eigenvalue weighted by Crippen LogP contribution is 2.15. The molecule has 0 bridgehead atoms. The van der Waals surface area contributed by atoms with Gasteiger partial charge in [0.2, 0.25) is 6.54 Å². The van der Waals surface area contributed by atoms with Crippen LogP contribution in [-0.4, -0.2) is 17.5 Å². The van der Waals surface area contributed by atoms with Crippen molar-refractivity contribution >= 4 is 12.4 Å². The first-order valence-electron chi connectivity index (χ1n) is 5.94. The van der Waals surface area contributed by atoms with E-state index in [1.165, 1.54) is 0 Å². The first-order chi connectivity index (χ1) is 9.69. The van der Waals surface area contributed by atoms with Crippen molar-refractivity contribution in [2.45, 2.75) is 43.0 Å². The number of aliphatic carboxylic acids is 1. The number of aromatic nitrogens is 2. The van der Waals surface area contributed by atoms with E-state index in [9.17, 15) is 9.59 Å². The SMILES string of the molecule is C.C.C.C.O=COC[n+]1ccc(-c2cc[n+](CC(=O)O)cc2)cc1. The van der Waals surface area contributed by atoms with Crippen molar-refractivity contribution in [3.05, 3.63) is 49.1 Å². The zero-order chi connectivity index (χ0) is 14.4. The number of pyridine rings is 2. The Labute approximate surface area is 145 Å². The van der Waals surface area contributed by atoms with E-state index in [-0.39, 0.29) is 43.0 Å². The highest BCUT2D eigenvalue weighted by molar-refractivity contribution is 5.65. The van der Waals surface area contributed by atoms with Gasteiger partial charge in [0.25, 0.3) is 13.2 Å². The second-order valence-electron chi connectivity index (χ2n) is 4.15. The predicted octanol–water partition coefficient (Wildman–Crippen LogP) is 2.69. The molecule has 2 heterocycles. The van der Waals surface area contributed by atoms with Crippen LogP contribution in [0, 0.1) is 0 Å². The maximum Gasteiger partial charge on any atom is 0.370 e. The van der Waals surface area contributed by atoms with E-state index in [0.717, 1.165) is 11.1 Å². The molecule has 0 amide bonds. The molecular formula is C18H30N2O4+2. The van der Waals surface area contributed by atoms with Gasteiger partial charge in [0.1, 0.15) is 0 Å². The average Bonchev–Trinajstić information content (AvgIpc) is 2.46. The quantitative estimate of drug-likeness (QED) is 0.649. The highest BCUT2D eigenvalue weighted by atomic mass is 16.5. The number of hydrogen-bond donors (Lipinski definition) is 1. The Bertz CT molecular complexity index is 595. The summed E-state index contributed by atoms with van der Waals surface area (Å²) in [6.45, 7) is 0.522. The highest BCUT2D eigenvalue weighted by Gasteiger charge is 2.08. The molecule has 6 heteroatoms. The van der Waals surface area contributed by atoms with Gasteiger partial charge in [-0.05, 0) is 11.1 Å². The van der Waals surface area contributed by atoms with Gasteiger partial charge in [-0.2, -0.15) is 9.13 Å². The number of nitrogens with zero attached hydrogens (tertiary/aromatic N) is 2. The predicted molar refractivity (Wildman–Crippen MR) is 94.0 cm³/mol. The minimum absolute atomic E-state index is 0. The van der Waals surface area contributed by atoms with Crippen molar-refractivity contribution in [3.8, 4) is 11.1 Å². The molecule has 0 aromatic carbocycles. The third-order valence-electron chi connectivity index (χ3n) is 2.73. The summed E-state index contributed by atoms with van der Waals surface area (Å²) in [5, 5.41) is 8.69. The average molecular weight is 338 g/mol. The maximum absolute atomic E-state index is 10.6. The fraction of sp³-hybridized carbons (Fsp3) is 0.333. The molecule has 0 aliphatic heterocycles. The Morgan fingerprint density at radius 1 is 0.917 bits per heavy atom. The summed E-state index contributed by atoms with van der Waals surface area (Å²) in [5.41, 5.74) is 1.98. The lowest BCUT2D eigenvalue weighted by atomic mass is 10.1. The molecule has 6 nitrogen and oxygen atoms in total. The number of carbonyl (C=O) groups is 2. The summed E-state index contributed by atoms with van der Waals surface area (Å²) in [4.78, 5) is 20.7. The van der Waals surface area contributed by atoms with Crippen LogP contribution in [-0.2, 0) is 27.6 Å². The van der Waals surface area contributed by atoms with Gasteiger partial charge < -0.3 is 9.84 Å². The fourth-order valence-electron chi connectivity index (χ4n) is 1.76. The van der Waals surface area contributed by atoms with Gasteiger partial charge in [0.15, 0.2) is 24.8 Å². The first-order valence-corrected chi connectivity index (χ1v) is 5.94. The Hall–Kier alpha value is -2.76. The molecule has 0 fully saturated rings. The normalized spacial score (nSPS) is 8.33. The third kappa shape index (κ3) is 7.49. The molecule has 2 rings (SSSR count). The largest absolute Gasteiger partial charge is 0.477 e. The molecule has 0 radical (unpaired) electrons. The second kappa shape index (κ2) is 12.8. The van der Waals surface area contributed by atoms with E-state index in [4.69, 9.17) is 5.11 Å². The molecule has 2 aromatic rings. The van der Waals surface area contributed by atoms with E-state index in [2.05, 4.69) is 4.74 Å². The standard InChI is InChI=1S/C14H13N2O4.4CH4/c17-11-20-10-16-7-3-13(4-8-16)12-1-5-15(6-2-12)9-14(18)19;;;;/h1-8,11H,9-10H2;4*1H4/q+1;;;;/p+1. The van der Waals surface area contributed by atoms with Crippen molar-refractivity contribution in [2.24, 2.45) is 0 Å². The second-order valence-corrected chi connectivity index (χ2v) is 4.15. The minimum Gasteiger partial charge on any atom is -0.477 e. The molecule has 24 heavy (non-hydrogen) atoms. The number of carbonyl (C=O) groups excluding carboxylic acids is 1. The third-order valence-corrected chi connectivity index (χ3v) is 2.73. The van der Waals surface area contributed by atoms with E-state index < -0.39 is 5.97 Å². The lowest BCUT2D eigenvalue weighted by Gasteiger charge is -2.00. The Balaban J connectivity index is -0.00000110. The molecule has 134 valence electrons. The van der Waals surface area contributed by atoms with Crippen molar-refractivity contribution < 1.29 is 28.6 Å². The lowest BCUT2D eigenvalue weighted by molar-refractivity contribution is -0.726. The zero-order valence-corrected chi connectivity index (χ0v) is 10.7. The van der Waals surface area contributed by atoms with Crippen LogP contribution in [0.15, 0.2) is 49.1 Å². The Morgan fingerprint density at radius 3 is 1.71 bits per heavy atom. The van der Waals surface area contributed by atoms with E-state index in [0.29, 0.717) is 6.47 Å². The molecule has 0 aliphatic rings. The van der Waals surface area contributed by atoms with Crippen LogP contribution in [0.25, 0.3) is 11.1 Å². The molecule has 1 N–H and O–H groups in total. The summed E-state index contributed by atoms with van der Waals surface area (Å²) in [5.74, 6) is -0.876. The molecule has 0 atom stereocenters. The Kier molecular flexibility index (Phi) is 13.9. The monoisotopic (exact) mass is 338 g/mol. The number of hydrogen-bond acceptors (Lipinski definition) is 3. The Morgan fingerprint density at radius 2 is 1.33 bits per heavy atom. The smallest absolute Gasteiger partial charge is 0.370 e. The zero-order valence-electron chi connectivity index (χ0n) is 10.7. The van der Waals surface area contributed by atoms with Crippen molar-refractivity contribution in [2.75, 3.05) is 0 Å². The van der Waals surface area contributed by atoms with E-state index in [1.807, 2.05) is 24.3 Å². The summed E-state index contributed by atoms with van der Waals surface area (Å²) in [6.07, 6.45) is 7.05. The van der Waals surface area contributed by atoms with Gasteiger partial charge in [-0.15, -0.1) is 0 Å². The van der Waals surface area contributed by atoms with Gasteiger partial charge >= 0.3 is 5.97 Å². The molecule has 2 aromatic heterocycles. The van der Waals surface area contributed by atoms with Gasteiger partial charge in [-0.1, -0.05) is 29.7 Å². The fourth-order valence-corrected chi connectivity index (χ4v) is 1.76. The van der Waals surface area contributed by atoms with E-state index >= 15 is 0 Å². The number of carboxylic acid groups (broad SMARTS) is 1. The molecular weight excluding hydrogens is 308 g/mol. The summed E-state index contributed by atoms with van der Waals surface area (Å²) in [6, 6.07) is 7.49. The molecule has 0 saturated carbocycles. The molecule has 0 unspecified atom stereocenters. The maximum atomic E-state index is 10.6. The van der Waals surface area contributed by atoms with Gasteiger partial charge in [0.05, 0.1) is 0 Å². The molecule has 0 aliphatic carbocycles. The van der Waals surface area contributed by atoms with Gasteiger partial charge in [-0.25, -0.2) is 4.79 Å². The van der Waals surface area contributed by atoms with Crippen LogP contribution in [0.1, 0.15) is 29.7 Å². The van der Waals surface area contributed by atoms with Crippen molar-refractivity contribution in [3.63, 3.8) is 0 Å². The summed E-state index contributed by atoms with van der Waals surface area (Å²) in [7, 11) is 0. The van der Waals surface area contributed by atoms with Crippen LogP contribution in [0.2, 0.25) is 0 Å². The van der Waals surface area contributed by atoms with Crippen molar-refractivity contribution in [1.29, 1.82) is 0 Å². The van der Waals surface area contributed by atoms with E-state index in [1.54, 1.807) is 33.9 Å². The van der Waals surface area contributed by atoms with Gasteiger partial charge in [-0.3, -0.25) is 4.79 Å². The van der Waals surface area contributed by atoms with Crippen molar-refractivity contribution in [1.82, 2.24) is 0 Å². The minimum atomic E-state index is -0.876. The van der Waals surface area contributed by atoms with Crippen LogP contribution < -0.4 is 9.13 Å². The lowest BCUT2D eigenvalue weighted by Crippen LogP contribution is -2.36. The summed E-state index contributed by atoms with van der Waals surface area (Å²) >= 11 is 0. The van der Waals surface area contributed by atoms with Crippen LogP contribution >= 0.6 is 0 Å². The first kappa shape index (κ1) is 26.2. The molecule has 0 spiro atoms. The number of carboxylic acids is 1.